The summed E-state index contributed by atoms with van der Waals surface area (Å²) in [5.74, 6) is -1.51. The van der Waals surface area contributed by atoms with Crippen molar-refractivity contribution in [3.05, 3.63) is 112 Å². The van der Waals surface area contributed by atoms with E-state index in [2.05, 4.69) is 15.9 Å². The van der Waals surface area contributed by atoms with Crippen LogP contribution in [0.25, 0.3) is 0 Å². The number of aliphatic carboxylic acids is 1. The van der Waals surface area contributed by atoms with Gasteiger partial charge in [0.2, 0.25) is 0 Å². The van der Waals surface area contributed by atoms with E-state index in [4.69, 9.17) is 14.6 Å². The molecule has 3 N–H and O–H groups in total. The molecule has 0 bridgehead atoms. The topological polar surface area (TPSA) is 114 Å². The van der Waals surface area contributed by atoms with Crippen LogP contribution < -0.4 is 9.47 Å². The number of aliphatic hydroxyl groups is 2. The second kappa shape index (κ2) is 9.51. The van der Waals surface area contributed by atoms with Crippen molar-refractivity contribution in [1.29, 1.82) is 0 Å². The quantitative estimate of drug-likeness (QED) is 0.292. The maximum Gasteiger partial charge on any atom is 0.303 e. The molecule has 1 fully saturated rings. The molecule has 1 aromatic heterocycles. The molecular weight excluding hydrogens is 564 g/mol. The summed E-state index contributed by atoms with van der Waals surface area (Å²) in [5, 5.41) is 39.0. The molecule has 0 radical (unpaired) electrons. The first-order chi connectivity index (χ1) is 18.8. The largest absolute Gasteiger partial charge is 0.497 e. The van der Waals surface area contributed by atoms with E-state index < -0.39 is 35.1 Å². The number of methoxy groups -OCH3 is 1. The predicted octanol–water partition coefficient (Wildman–Crippen LogP) is 4.43. The maximum atomic E-state index is 12.6. The van der Waals surface area contributed by atoms with Gasteiger partial charge in [-0.2, -0.15) is 5.10 Å². The van der Waals surface area contributed by atoms with Gasteiger partial charge in [-0.15, -0.1) is 0 Å². The van der Waals surface area contributed by atoms with Crippen molar-refractivity contribution < 1.29 is 29.6 Å². The van der Waals surface area contributed by atoms with E-state index in [1.165, 1.54) is 0 Å². The van der Waals surface area contributed by atoms with Crippen LogP contribution in [0, 0.1) is 5.92 Å². The molecule has 0 unspecified atom stereocenters. The van der Waals surface area contributed by atoms with Crippen molar-refractivity contribution in [2.45, 2.75) is 36.2 Å². The minimum atomic E-state index is -2.01. The number of carboxylic acid groups (broad SMARTS) is 1. The van der Waals surface area contributed by atoms with Gasteiger partial charge in [0.1, 0.15) is 11.4 Å². The Kier molecular flexibility index (Phi) is 6.25. The Morgan fingerprint density at radius 2 is 1.77 bits per heavy atom. The molecule has 1 aliphatic carbocycles. The van der Waals surface area contributed by atoms with Crippen molar-refractivity contribution in [2.75, 3.05) is 7.11 Å². The van der Waals surface area contributed by atoms with Crippen molar-refractivity contribution >= 4 is 21.9 Å². The Bertz CT molecular complexity index is 1510. The van der Waals surface area contributed by atoms with Crippen LogP contribution in [0.15, 0.2) is 89.5 Å². The number of hydrogen-bond acceptors (Lipinski definition) is 6. The zero-order valence-corrected chi connectivity index (χ0v) is 22.7. The number of carbonyl (C=O) groups is 1. The number of aliphatic hydroxyl groups excluding tert-OH is 1. The van der Waals surface area contributed by atoms with E-state index in [9.17, 15) is 20.1 Å². The normalized spacial score (nSPS) is 27.0. The van der Waals surface area contributed by atoms with Gasteiger partial charge in [0.25, 0.3) is 0 Å². The van der Waals surface area contributed by atoms with E-state index >= 15 is 0 Å². The standard InChI is InChI=1S/C30H27BrN2O6/c1-38-22-13-7-18(8-14-22)16-33-17-24-27(32-33)29(37)28(36)23(15-25(34)35)26(19-5-3-2-4-6-19)30(29,39-24)20-9-11-21(31)12-10-20/h2-14,17,23,26,28,36-37H,15-16H2,1H3,(H,34,35)/t23-,26-,28-,29+,30+/m1/s1. The van der Waals surface area contributed by atoms with Gasteiger partial charge >= 0.3 is 5.97 Å². The second-order valence-corrected chi connectivity index (χ2v) is 11.0. The number of benzene rings is 3. The van der Waals surface area contributed by atoms with Gasteiger partial charge in [-0.3, -0.25) is 9.48 Å². The molecule has 8 nitrogen and oxygen atoms in total. The van der Waals surface area contributed by atoms with Crippen LogP contribution in [0.5, 0.6) is 11.5 Å². The number of hydrogen-bond donors (Lipinski definition) is 3. The maximum absolute atomic E-state index is 12.6. The molecule has 0 spiro atoms. The minimum absolute atomic E-state index is 0.195. The molecule has 2 aliphatic rings. The summed E-state index contributed by atoms with van der Waals surface area (Å²) < 4.78 is 14.5. The number of fused-ring (bicyclic) bond motifs is 3. The Morgan fingerprint density at radius 1 is 1.08 bits per heavy atom. The fraction of sp³-hybridized carbons (Fsp3) is 0.267. The molecule has 0 amide bonds. The minimum Gasteiger partial charge on any atom is -0.497 e. The van der Waals surface area contributed by atoms with Crippen LogP contribution in [0.4, 0.5) is 0 Å². The molecule has 0 saturated heterocycles. The van der Waals surface area contributed by atoms with E-state index in [0.29, 0.717) is 17.9 Å². The number of aromatic nitrogens is 2. The summed E-state index contributed by atoms with van der Waals surface area (Å²) in [5.41, 5.74) is -0.985. The van der Waals surface area contributed by atoms with Crippen LogP contribution in [-0.2, 0) is 22.5 Å². The number of nitrogens with zero attached hydrogens (tertiary/aromatic N) is 2. The summed E-state index contributed by atoms with van der Waals surface area (Å²) in [6.07, 6.45) is -0.0997. The summed E-state index contributed by atoms with van der Waals surface area (Å²) in [6, 6.07) is 24.2. The van der Waals surface area contributed by atoms with Crippen LogP contribution in [0.2, 0.25) is 0 Å². The average Bonchev–Trinajstić information content (AvgIpc) is 3.49. The number of rotatable bonds is 7. The third-order valence-electron chi connectivity index (χ3n) is 7.97. The fourth-order valence-corrected chi connectivity index (χ4v) is 6.62. The van der Waals surface area contributed by atoms with Crippen molar-refractivity contribution in [1.82, 2.24) is 9.78 Å². The Balaban J connectivity index is 1.51. The summed E-state index contributed by atoms with van der Waals surface area (Å²) in [6.45, 7) is 0.401. The molecule has 9 heteroatoms. The Hall–Kier alpha value is -3.66. The first-order valence-electron chi connectivity index (χ1n) is 12.6. The van der Waals surface area contributed by atoms with Crippen molar-refractivity contribution in [2.24, 2.45) is 5.92 Å². The number of halogens is 1. The van der Waals surface area contributed by atoms with E-state index in [1.807, 2.05) is 78.9 Å². The lowest BCUT2D eigenvalue weighted by molar-refractivity contribution is -0.156. The molecular formula is C30H27BrN2O6. The van der Waals surface area contributed by atoms with Gasteiger partial charge in [-0.05, 0) is 41.0 Å². The van der Waals surface area contributed by atoms with Crippen LogP contribution in [0.3, 0.4) is 0 Å². The molecule has 4 aromatic rings. The lowest BCUT2D eigenvalue weighted by atomic mass is 9.71. The van der Waals surface area contributed by atoms with Gasteiger partial charge in [0, 0.05) is 16.3 Å². The van der Waals surface area contributed by atoms with Crippen molar-refractivity contribution in [3.8, 4) is 11.5 Å². The third-order valence-corrected chi connectivity index (χ3v) is 8.50. The SMILES string of the molecule is COc1ccc(Cn2cc3c(n2)[C@]2(O)[C@H](O)[C@H](CC(=O)O)[C@@H](c4ccccc4)[C@]2(c2ccc(Br)cc2)O3)cc1. The zero-order valence-electron chi connectivity index (χ0n) is 21.1. The van der Waals surface area contributed by atoms with Gasteiger partial charge in [-0.25, -0.2) is 0 Å². The molecule has 3 aromatic carbocycles. The highest BCUT2D eigenvalue weighted by molar-refractivity contribution is 9.10. The third kappa shape index (κ3) is 3.87. The Morgan fingerprint density at radius 3 is 2.41 bits per heavy atom. The lowest BCUT2D eigenvalue weighted by Gasteiger charge is -2.40. The zero-order chi connectivity index (χ0) is 27.4. The van der Waals surface area contributed by atoms with E-state index in [1.54, 1.807) is 18.0 Å². The summed E-state index contributed by atoms with van der Waals surface area (Å²) in [4.78, 5) is 12.0. The monoisotopic (exact) mass is 590 g/mol. The second-order valence-electron chi connectivity index (χ2n) is 10.1. The predicted molar refractivity (Wildman–Crippen MR) is 146 cm³/mol. The smallest absolute Gasteiger partial charge is 0.303 e. The average molecular weight is 591 g/mol. The van der Waals surface area contributed by atoms with Crippen LogP contribution in [-0.4, -0.2) is 44.3 Å². The van der Waals surface area contributed by atoms with Gasteiger partial charge in [0.15, 0.2) is 17.0 Å². The molecule has 1 aliphatic heterocycles. The first kappa shape index (κ1) is 25.6. The number of ether oxygens (including phenoxy) is 2. The summed E-state index contributed by atoms with van der Waals surface area (Å²) in [7, 11) is 1.61. The van der Waals surface area contributed by atoms with Gasteiger partial charge < -0.3 is 24.8 Å². The molecule has 200 valence electrons. The molecule has 2 heterocycles. The highest BCUT2D eigenvalue weighted by Gasteiger charge is 2.77. The molecule has 1 saturated carbocycles. The lowest BCUT2D eigenvalue weighted by Crippen LogP contribution is -2.52. The van der Waals surface area contributed by atoms with E-state index in [-0.39, 0.29) is 12.1 Å². The summed E-state index contributed by atoms with van der Waals surface area (Å²) >= 11 is 3.47. The van der Waals surface area contributed by atoms with Crippen LogP contribution >= 0.6 is 15.9 Å². The highest BCUT2D eigenvalue weighted by atomic mass is 79.9. The molecule has 39 heavy (non-hydrogen) atoms. The Labute approximate surface area is 233 Å². The fourth-order valence-electron chi connectivity index (χ4n) is 6.35. The highest BCUT2D eigenvalue weighted by Crippen LogP contribution is 2.68. The van der Waals surface area contributed by atoms with Gasteiger partial charge in [0.05, 0.1) is 32.4 Å². The first-order valence-corrected chi connectivity index (χ1v) is 13.4. The van der Waals surface area contributed by atoms with E-state index in [0.717, 1.165) is 21.3 Å². The molecule has 5 atom stereocenters. The number of carboxylic acids is 1. The molecule has 6 rings (SSSR count). The van der Waals surface area contributed by atoms with Crippen LogP contribution in [0.1, 0.15) is 34.7 Å². The van der Waals surface area contributed by atoms with Gasteiger partial charge in [-0.1, -0.05) is 70.5 Å². The van der Waals surface area contributed by atoms with Crippen molar-refractivity contribution in [3.63, 3.8) is 0 Å².